The minimum absolute atomic E-state index is 0.140. The van der Waals surface area contributed by atoms with Crippen molar-refractivity contribution in [2.24, 2.45) is 0 Å². The lowest BCUT2D eigenvalue weighted by molar-refractivity contribution is -0.131. The van der Waals surface area contributed by atoms with Crippen LogP contribution in [0.1, 0.15) is 12.5 Å². The normalized spacial score (nSPS) is 13.4. The molecule has 1 aliphatic heterocycles. The molecule has 0 unspecified atom stereocenters. The Balaban J connectivity index is 1.72. The Kier molecular flexibility index (Phi) is 6.81. The molecule has 0 aliphatic carbocycles. The Labute approximate surface area is 179 Å². The van der Waals surface area contributed by atoms with E-state index >= 15 is 0 Å². The topological polar surface area (TPSA) is 76.2 Å². The Hall–Kier alpha value is -2.10. The summed E-state index contributed by atoms with van der Waals surface area (Å²) in [5, 5.41) is 0. The second-order valence-corrected chi connectivity index (χ2v) is 9.52. The van der Waals surface area contributed by atoms with Crippen molar-refractivity contribution in [2.45, 2.75) is 18.4 Å². The fraction of sp³-hybridized carbons (Fsp3) is 0.350. The molecular weight excluding hydrogens is 460 g/mol. The number of para-hydroxylation sites is 1. The molecule has 0 bridgehead atoms. The van der Waals surface area contributed by atoms with Crippen molar-refractivity contribution in [1.82, 2.24) is 9.21 Å². The van der Waals surface area contributed by atoms with Crippen molar-refractivity contribution < 1.29 is 22.7 Å². The standard InChI is InChI=1S/C20H23BrN2O5S/c1-3-23(13-15-5-4-6-18-20(15)28-12-11-27-18)19(24)14-22(2)29(25,26)17-9-7-16(21)8-10-17/h4-10H,3,11-14H2,1-2H3. The van der Waals surface area contributed by atoms with Crippen LogP contribution in [0.15, 0.2) is 51.8 Å². The van der Waals surface area contributed by atoms with Crippen LogP contribution in [-0.2, 0) is 21.4 Å². The predicted octanol–water partition coefficient (Wildman–Crippen LogP) is 2.89. The van der Waals surface area contributed by atoms with Gasteiger partial charge in [0.05, 0.1) is 11.4 Å². The zero-order chi connectivity index (χ0) is 21.0. The van der Waals surface area contributed by atoms with E-state index in [9.17, 15) is 13.2 Å². The Morgan fingerprint density at radius 2 is 1.79 bits per heavy atom. The number of hydrogen-bond acceptors (Lipinski definition) is 5. The van der Waals surface area contributed by atoms with E-state index in [1.54, 1.807) is 17.0 Å². The lowest BCUT2D eigenvalue weighted by Crippen LogP contribution is -2.40. The molecule has 2 aromatic carbocycles. The molecule has 1 amide bonds. The number of halogens is 1. The molecule has 0 radical (unpaired) electrons. The molecule has 3 rings (SSSR count). The predicted molar refractivity (Wildman–Crippen MR) is 112 cm³/mol. The zero-order valence-electron chi connectivity index (χ0n) is 16.3. The quantitative estimate of drug-likeness (QED) is 0.606. The maximum absolute atomic E-state index is 12.8. The third-order valence-electron chi connectivity index (χ3n) is 4.62. The number of sulfonamides is 1. The first-order chi connectivity index (χ1) is 13.8. The van der Waals surface area contributed by atoms with Crippen molar-refractivity contribution in [3.05, 3.63) is 52.5 Å². The third-order valence-corrected chi connectivity index (χ3v) is 6.97. The molecule has 0 saturated carbocycles. The molecule has 1 heterocycles. The van der Waals surface area contributed by atoms with Gasteiger partial charge in [-0.05, 0) is 37.3 Å². The second kappa shape index (κ2) is 9.15. The summed E-state index contributed by atoms with van der Waals surface area (Å²) in [6.07, 6.45) is 0. The van der Waals surface area contributed by atoms with Gasteiger partial charge in [-0.3, -0.25) is 4.79 Å². The van der Waals surface area contributed by atoms with Gasteiger partial charge in [-0.15, -0.1) is 0 Å². The molecule has 0 spiro atoms. The second-order valence-electron chi connectivity index (χ2n) is 6.56. The first-order valence-corrected chi connectivity index (χ1v) is 11.4. The number of hydrogen-bond donors (Lipinski definition) is 0. The van der Waals surface area contributed by atoms with Gasteiger partial charge in [-0.25, -0.2) is 8.42 Å². The Morgan fingerprint density at radius 1 is 1.10 bits per heavy atom. The van der Waals surface area contributed by atoms with Crippen LogP contribution < -0.4 is 9.47 Å². The summed E-state index contributed by atoms with van der Waals surface area (Å²) in [4.78, 5) is 14.6. The molecule has 0 atom stereocenters. The number of benzene rings is 2. The van der Waals surface area contributed by atoms with Crippen LogP contribution in [0, 0.1) is 0 Å². The van der Waals surface area contributed by atoms with Crippen LogP contribution in [0.4, 0.5) is 0 Å². The maximum atomic E-state index is 12.8. The number of carbonyl (C=O) groups is 1. The van der Waals surface area contributed by atoms with Gasteiger partial charge < -0.3 is 14.4 Å². The van der Waals surface area contributed by atoms with Crippen LogP contribution in [0.5, 0.6) is 11.5 Å². The SMILES string of the molecule is CCN(Cc1cccc2c1OCCO2)C(=O)CN(C)S(=O)(=O)c1ccc(Br)cc1. The smallest absolute Gasteiger partial charge is 0.243 e. The summed E-state index contributed by atoms with van der Waals surface area (Å²) in [5.41, 5.74) is 0.829. The number of fused-ring (bicyclic) bond motifs is 1. The highest BCUT2D eigenvalue weighted by Gasteiger charge is 2.26. The van der Waals surface area contributed by atoms with E-state index in [0.717, 1.165) is 14.3 Å². The summed E-state index contributed by atoms with van der Waals surface area (Å²) in [7, 11) is -2.35. The van der Waals surface area contributed by atoms with Gasteiger partial charge in [-0.2, -0.15) is 4.31 Å². The Morgan fingerprint density at radius 3 is 2.48 bits per heavy atom. The van der Waals surface area contributed by atoms with Gasteiger partial charge in [-0.1, -0.05) is 28.1 Å². The first kappa shape index (κ1) is 21.6. The zero-order valence-corrected chi connectivity index (χ0v) is 18.7. The minimum atomic E-state index is -3.76. The Bertz CT molecular complexity index is 979. The molecule has 9 heteroatoms. The molecule has 0 fully saturated rings. The monoisotopic (exact) mass is 482 g/mol. The highest BCUT2D eigenvalue weighted by atomic mass is 79.9. The molecule has 156 valence electrons. The van der Waals surface area contributed by atoms with Crippen LogP contribution in [0.2, 0.25) is 0 Å². The summed E-state index contributed by atoms with van der Waals surface area (Å²) >= 11 is 3.29. The average Bonchev–Trinajstić information content (AvgIpc) is 2.72. The number of likely N-dealkylation sites (N-methyl/N-ethyl adjacent to an activating group) is 2. The van der Waals surface area contributed by atoms with Crippen LogP contribution in [0.3, 0.4) is 0 Å². The van der Waals surface area contributed by atoms with Gasteiger partial charge in [0.15, 0.2) is 11.5 Å². The lowest BCUT2D eigenvalue weighted by Gasteiger charge is -2.27. The number of amides is 1. The van der Waals surface area contributed by atoms with Crippen LogP contribution >= 0.6 is 15.9 Å². The van der Waals surface area contributed by atoms with Crippen molar-refractivity contribution in [2.75, 3.05) is 33.4 Å². The molecule has 0 aromatic heterocycles. The number of rotatable bonds is 7. The fourth-order valence-corrected chi connectivity index (χ4v) is 4.39. The summed E-state index contributed by atoms with van der Waals surface area (Å²) < 4.78 is 38.6. The molecule has 2 aromatic rings. The van der Waals surface area contributed by atoms with Crippen molar-refractivity contribution >= 4 is 31.9 Å². The van der Waals surface area contributed by atoms with Crippen LogP contribution in [0.25, 0.3) is 0 Å². The number of ether oxygens (including phenoxy) is 2. The molecule has 1 aliphatic rings. The van der Waals surface area contributed by atoms with E-state index in [0.29, 0.717) is 37.8 Å². The van der Waals surface area contributed by atoms with Crippen molar-refractivity contribution in [3.63, 3.8) is 0 Å². The summed E-state index contributed by atoms with van der Waals surface area (Å²) in [6.45, 7) is 3.31. The van der Waals surface area contributed by atoms with E-state index in [2.05, 4.69) is 15.9 Å². The van der Waals surface area contributed by atoms with E-state index in [-0.39, 0.29) is 17.3 Å². The minimum Gasteiger partial charge on any atom is -0.486 e. The highest BCUT2D eigenvalue weighted by Crippen LogP contribution is 2.34. The average molecular weight is 483 g/mol. The number of nitrogens with zero attached hydrogens (tertiary/aromatic N) is 2. The van der Waals surface area contributed by atoms with E-state index < -0.39 is 10.0 Å². The lowest BCUT2D eigenvalue weighted by atomic mass is 10.1. The highest BCUT2D eigenvalue weighted by molar-refractivity contribution is 9.10. The van der Waals surface area contributed by atoms with E-state index in [1.807, 2.05) is 25.1 Å². The molecule has 0 N–H and O–H groups in total. The van der Waals surface area contributed by atoms with Gasteiger partial charge in [0.2, 0.25) is 15.9 Å². The van der Waals surface area contributed by atoms with Gasteiger partial charge in [0.1, 0.15) is 13.2 Å². The largest absolute Gasteiger partial charge is 0.486 e. The first-order valence-electron chi connectivity index (χ1n) is 9.20. The third kappa shape index (κ3) is 4.91. The molecule has 7 nitrogen and oxygen atoms in total. The van der Waals surface area contributed by atoms with Gasteiger partial charge in [0.25, 0.3) is 0 Å². The molecular formula is C20H23BrN2O5S. The van der Waals surface area contributed by atoms with Gasteiger partial charge >= 0.3 is 0 Å². The summed E-state index contributed by atoms with van der Waals surface area (Å²) in [5.74, 6) is 1.01. The van der Waals surface area contributed by atoms with Crippen molar-refractivity contribution in [3.8, 4) is 11.5 Å². The number of carbonyl (C=O) groups excluding carboxylic acids is 1. The van der Waals surface area contributed by atoms with Crippen molar-refractivity contribution in [1.29, 1.82) is 0 Å². The van der Waals surface area contributed by atoms with Gasteiger partial charge in [0, 0.05) is 30.2 Å². The summed E-state index contributed by atoms with van der Waals surface area (Å²) in [6, 6.07) is 11.9. The maximum Gasteiger partial charge on any atom is 0.243 e. The fourth-order valence-electron chi connectivity index (χ4n) is 3.00. The van der Waals surface area contributed by atoms with E-state index in [1.165, 1.54) is 19.2 Å². The molecule has 29 heavy (non-hydrogen) atoms. The van der Waals surface area contributed by atoms with Crippen LogP contribution in [-0.4, -0.2) is 56.9 Å². The molecule has 0 saturated heterocycles. The van der Waals surface area contributed by atoms with E-state index in [4.69, 9.17) is 9.47 Å².